The topological polar surface area (TPSA) is 84.2 Å². The first-order valence-corrected chi connectivity index (χ1v) is 6.46. The Morgan fingerprint density at radius 3 is 2.50 bits per heavy atom. The molecule has 1 heterocycles. The van der Waals surface area contributed by atoms with Gasteiger partial charge >= 0.3 is 0 Å². The van der Waals surface area contributed by atoms with Crippen LogP contribution in [0.3, 0.4) is 0 Å². The van der Waals surface area contributed by atoms with Crippen molar-refractivity contribution in [2.75, 3.05) is 13.6 Å². The fourth-order valence-electron chi connectivity index (χ4n) is 1.27. The molecule has 0 spiro atoms. The van der Waals surface area contributed by atoms with Crippen molar-refractivity contribution in [2.24, 2.45) is 0 Å². The van der Waals surface area contributed by atoms with Crippen LogP contribution in [0.5, 0.6) is 0 Å². The van der Waals surface area contributed by atoms with Gasteiger partial charge in [0.15, 0.2) is 5.76 Å². The van der Waals surface area contributed by atoms with Crippen LogP contribution < -0.4 is 10.0 Å². The van der Waals surface area contributed by atoms with Crippen LogP contribution in [0, 0.1) is 13.8 Å². The SMILES string of the molecule is CNC(C)CNS(=O)(=O)c1c(C)noc1C. The van der Waals surface area contributed by atoms with E-state index in [4.69, 9.17) is 4.52 Å². The molecule has 0 bridgehead atoms. The lowest BCUT2D eigenvalue weighted by atomic mass is 10.4. The molecule has 0 aliphatic rings. The Morgan fingerprint density at radius 1 is 1.44 bits per heavy atom. The molecule has 0 aromatic carbocycles. The Hall–Kier alpha value is -0.920. The first kappa shape index (κ1) is 13.1. The van der Waals surface area contributed by atoms with E-state index in [1.807, 2.05) is 6.92 Å². The van der Waals surface area contributed by atoms with Gasteiger partial charge in [-0.15, -0.1) is 0 Å². The Balaban J connectivity index is 2.87. The minimum absolute atomic E-state index is 0.0650. The van der Waals surface area contributed by atoms with Crippen molar-refractivity contribution in [3.05, 3.63) is 11.5 Å². The van der Waals surface area contributed by atoms with E-state index in [0.29, 0.717) is 18.0 Å². The summed E-state index contributed by atoms with van der Waals surface area (Å²) in [5.74, 6) is 0.308. The van der Waals surface area contributed by atoms with E-state index in [9.17, 15) is 8.42 Å². The molecule has 1 rings (SSSR count). The van der Waals surface area contributed by atoms with Gasteiger partial charge in [-0.25, -0.2) is 13.1 Å². The molecule has 0 aliphatic heterocycles. The predicted molar refractivity (Wildman–Crippen MR) is 59.7 cm³/mol. The van der Waals surface area contributed by atoms with Gasteiger partial charge in [0.2, 0.25) is 10.0 Å². The van der Waals surface area contributed by atoms with E-state index in [2.05, 4.69) is 15.2 Å². The molecule has 7 heteroatoms. The Labute approximate surface area is 95.4 Å². The summed E-state index contributed by atoms with van der Waals surface area (Å²) in [6.07, 6.45) is 0. The van der Waals surface area contributed by atoms with Gasteiger partial charge in [0.1, 0.15) is 10.6 Å². The van der Waals surface area contributed by atoms with E-state index in [1.54, 1.807) is 20.9 Å². The van der Waals surface area contributed by atoms with Crippen molar-refractivity contribution < 1.29 is 12.9 Å². The van der Waals surface area contributed by atoms with Crippen LogP contribution in [0.1, 0.15) is 18.4 Å². The second kappa shape index (κ2) is 4.94. The summed E-state index contributed by atoms with van der Waals surface area (Å²) in [7, 11) is -1.76. The zero-order valence-corrected chi connectivity index (χ0v) is 10.7. The van der Waals surface area contributed by atoms with Crippen molar-refractivity contribution in [3.8, 4) is 0 Å². The maximum absolute atomic E-state index is 11.9. The molecular formula is C9H17N3O3S. The van der Waals surface area contributed by atoms with Crippen molar-refractivity contribution >= 4 is 10.0 Å². The summed E-state index contributed by atoms with van der Waals surface area (Å²) < 4.78 is 31.2. The lowest BCUT2D eigenvalue weighted by Gasteiger charge is -2.11. The molecule has 6 nitrogen and oxygen atoms in total. The Kier molecular flexibility index (Phi) is 4.06. The van der Waals surface area contributed by atoms with Crippen molar-refractivity contribution in [1.29, 1.82) is 0 Å². The molecule has 0 radical (unpaired) electrons. The van der Waals surface area contributed by atoms with E-state index in [0.717, 1.165) is 0 Å². The summed E-state index contributed by atoms with van der Waals surface area (Å²) in [6.45, 7) is 5.39. The largest absolute Gasteiger partial charge is 0.360 e. The molecular weight excluding hydrogens is 230 g/mol. The quantitative estimate of drug-likeness (QED) is 0.775. The molecule has 2 N–H and O–H groups in total. The Bertz CT molecular complexity index is 433. The average Bonchev–Trinajstić information content (AvgIpc) is 2.55. The zero-order chi connectivity index (χ0) is 12.3. The molecule has 1 atom stereocenters. The molecule has 1 aromatic rings. The number of nitrogens with one attached hydrogen (secondary N) is 2. The number of rotatable bonds is 5. The summed E-state index contributed by atoms with van der Waals surface area (Å²) >= 11 is 0. The van der Waals surface area contributed by atoms with Crippen LogP contribution in [0.25, 0.3) is 0 Å². The highest BCUT2D eigenvalue weighted by Crippen LogP contribution is 2.18. The minimum atomic E-state index is -3.53. The van der Waals surface area contributed by atoms with Gasteiger partial charge in [-0.05, 0) is 27.8 Å². The molecule has 0 saturated heterocycles. The van der Waals surface area contributed by atoms with E-state index in [1.165, 1.54) is 0 Å². The van der Waals surface area contributed by atoms with E-state index in [-0.39, 0.29) is 10.9 Å². The average molecular weight is 247 g/mol. The highest BCUT2D eigenvalue weighted by Gasteiger charge is 2.23. The highest BCUT2D eigenvalue weighted by atomic mass is 32.2. The smallest absolute Gasteiger partial charge is 0.246 e. The van der Waals surface area contributed by atoms with Crippen LogP contribution in [-0.4, -0.2) is 33.2 Å². The minimum Gasteiger partial charge on any atom is -0.360 e. The van der Waals surface area contributed by atoms with Gasteiger partial charge in [-0.3, -0.25) is 0 Å². The molecule has 92 valence electrons. The van der Waals surface area contributed by atoms with Crippen LogP contribution in [-0.2, 0) is 10.0 Å². The van der Waals surface area contributed by atoms with Crippen LogP contribution in [0.15, 0.2) is 9.42 Å². The summed E-state index contributed by atoms with van der Waals surface area (Å²) in [5, 5.41) is 6.57. The van der Waals surface area contributed by atoms with Gasteiger partial charge in [-0.2, -0.15) is 0 Å². The maximum atomic E-state index is 11.9. The number of likely N-dealkylation sites (N-methyl/N-ethyl adjacent to an activating group) is 1. The zero-order valence-electron chi connectivity index (χ0n) is 9.86. The highest BCUT2D eigenvalue weighted by molar-refractivity contribution is 7.89. The van der Waals surface area contributed by atoms with Crippen molar-refractivity contribution in [1.82, 2.24) is 15.2 Å². The second-order valence-corrected chi connectivity index (χ2v) is 5.40. The molecule has 1 unspecified atom stereocenters. The molecule has 0 aliphatic carbocycles. The number of aryl methyl sites for hydroxylation is 2. The normalized spacial score (nSPS) is 14.0. The monoisotopic (exact) mass is 247 g/mol. The third-order valence-electron chi connectivity index (χ3n) is 2.31. The summed E-state index contributed by atoms with van der Waals surface area (Å²) in [6, 6.07) is 0.0650. The number of sulfonamides is 1. The van der Waals surface area contributed by atoms with Crippen LogP contribution >= 0.6 is 0 Å². The van der Waals surface area contributed by atoms with Gasteiger partial charge in [0.25, 0.3) is 0 Å². The third kappa shape index (κ3) is 2.81. The molecule has 0 saturated carbocycles. The van der Waals surface area contributed by atoms with Crippen LogP contribution in [0.4, 0.5) is 0 Å². The summed E-state index contributed by atoms with van der Waals surface area (Å²) in [5.41, 5.74) is 0.377. The number of hydrogen-bond acceptors (Lipinski definition) is 5. The van der Waals surface area contributed by atoms with Gasteiger partial charge in [-0.1, -0.05) is 5.16 Å². The summed E-state index contributed by atoms with van der Waals surface area (Å²) in [4.78, 5) is 0.135. The fourth-order valence-corrected chi connectivity index (χ4v) is 2.72. The number of hydrogen-bond donors (Lipinski definition) is 2. The van der Waals surface area contributed by atoms with E-state index < -0.39 is 10.0 Å². The lowest BCUT2D eigenvalue weighted by Crippen LogP contribution is -2.37. The predicted octanol–water partition coefficient (Wildman–Crippen LogP) is 0.178. The second-order valence-electron chi connectivity index (χ2n) is 3.69. The van der Waals surface area contributed by atoms with Gasteiger partial charge < -0.3 is 9.84 Å². The van der Waals surface area contributed by atoms with E-state index >= 15 is 0 Å². The first-order chi connectivity index (χ1) is 7.38. The standard InChI is InChI=1S/C9H17N3O3S/c1-6(10-4)5-11-16(13,14)9-7(2)12-15-8(9)3/h6,10-11H,5H2,1-4H3. The van der Waals surface area contributed by atoms with Gasteiger partial charge in [0, 0.05) is 12.6 Å². The number of aromatic nitrogens is 1. The van der Waals surface area contributed by atoms with Crippen molar-refractivity contribution in [2.45, 2.75) is 31.7 Å². The molecule has 16 heavy (non-hydrogen) atoms. The first-order valence-electron chi connectivity index (χ1n) is 4.98. The fraction of sp³-hybridized carbons (Fsp3) is 0.667. The van der Waals surface area contributed by atoms with Crippen molar-refractivity contribution in [3.63, 3.8) is 0 Å². The van der Waals surface area contributed by atoms with Crippen LogP contribution in [0.2, 0.25) is 0 Å². The number of nitrogens with zero attached hydrogens (tertiary/aromatic N) is 1. The molecule has 0 fully saturated rings. The third-order valence-corrected chi connectivity index (χ3v) is 3.98. The lowest BCUT2D eigenvalue weighted by molar-refractivity contribution is 0.390. The molecule has 1 aromatic heterocycles. The van der Waals surface area contributed by atoms with Gasteiger partial charge in [0.05, 0.1) is 0 Å². The maximum Gasteiger partial charge on any atom is 0.246 e. The molecule has 0 amide bonds. The Morgan fingerprint density at radius 2 is 2.06 bits per heavy atom.